The van der Waals surface area contributed by atoms with E-state index in [9.17, 15) is 17.2 Å². The van der Waals surface area contributed by atoms with Crippen LogP contribution >= 0.6 is 23.4 Å². The van der Waals surface area contributed by atoms with E-state index < -0.39 is 32.6 Å². The highest BCUT2D eigenvalue weighted by Gasteiger charge is 2.28. The molecule has 0 saturated carbocycles. The monoisotopic (exact) mass is 375 g/mol. The second kappa shape index (κ2) is 6.39. The standard InChI is InChI=1S/C15H12ClF2NO2S2/c16-9-1-4-15(12(18)7-9)23(20,21)19-13-5-6-22-14-3-2-10(17)8-11(13)14/h1-4,7-8,13,19H,5-6H2/t13-/m1/s1. The summed E-state index contributed by atoms with van der Waals surface area (Å²) in [6.07, 6.45) is 0.496. The Morgan fingerprint density at radius 2 is 1.96 bits per heavy atom. The quantitative estimate of drug-likeness (QED) is 0.877. The van der Waals surface area contributed by atoms with Gasteiger partial charge in [-0.25, -0.2) is 21.9 Å². The van der Waals surface area contributed by atoms with Crippen molar-refractivity contribution < 1.29 is 17.2 Å². The molecule has 0 unspecified atom stereocenters. The zero-order chi connectivity index (χ0) is 16.6. The van der Waals surface area contributed by atoms with Gasteiger partial charge in [0.15, 0.2) is 0 Å². The molecule has 0 saturated heterocycles. The summed E-state index contributed by atoms with van der Waals surface area (Å²) in [5.41, 5.74) is 0.569. The maximum atomic E-state index is 13.9. The van der Waals surface area contributed by atoms with Gasteiger partial charge in [-0.3, -0.25) is 0 Å². The van der Waals surface area contributed by atoms with Crippen LogP contribution in [0.2, 0.25) is 5.02 Å². The van der Waals surface area contributed by atoms with Gasteiger partial charge >= 0.3 is 0 Å². The molecule has 3 nitrogen and oxygen atoms in total. The number of benzene rings is 2. The minimum atomic E-state index is -4.08. The van der Waals surface area contributed by atoms with Crippen LogP contribution in [0.25, 0.3) is 0 Å². The fourth-order valence-electron chi connectivity index (χ4n) is 2.43. The van der Waals surface area contributed by atoms with Crippen LogP contribution in [0.4, 0.5) is 8.78 Å². The third kappa shape index (κ3) is 3.52. The van der Waals surface area contributed by atoms with E-state index in [4.69, 9.17) is 11.6 Å². The lowest BCUT2D eigenvalue weighted by atomic mass is 10.0. The van der Waals surface area contributed by atoms with Crippen LogP contribution in [0, 0.1) is 11.6 Å². The van der Waals surface area contributed by atoms with Crippen LogP contribution in [-0.2, 0) is 10.0 Å². The van der Waals surface area contributed by atoms with Crippen LogP contribution < -0.4 is 4.72 Å². The van der Waals surface area contributed by atoms with Gasteiger partial charge in [0.25, 0.3) is 0 Å². The smallest absolute Gasteiger partial charge is 0.207 e. The van der Waals surface area contributed by atoms with Crippen molar-refractivity contribution >= 4 is 33.4 Å². The van der Waals surface area contributed by atoms with Crippen LogP contribution in [-0.4, -0.2) is 14.2 Å². The number of hydrogen-bond acceptors (Lipinski definition) is 3. The molecule has 0 spiro atoms. The van der Waals surface area contributed by atoms with Crippen molar-refractivity contribution in [3.8, 4) is 0 Å². The van der Waals surface area contributed by atoms with Crippen molar-refractivity contribution in [1.29, 1.82) is 0 Å². The normalized spacial score (nSPS) is 17.8. The van der Waals surface area contributed by atoms with Crippen LogP contribution in [0.3, 0.4) is 0 Å². The average Bonchev–Trinajstić information content (AvgIpc) is 2.47. The molecular formula is C15H12ClF2NO2S2. The predicted molar refractivity (Wildman–Crippen MR) is 86.2 cm³/mol. The Morgan fingerprint density at radius 1 is 1.17 bits per heavy atom. The second-order valence-electron chi connectivity index (χ2n) is 5.07. The molecular weight excluding hydrogens is 364 g/mol. The zero-order valence-electron chi connectivity index (χ0n) is 11.7. The van der Waals surface area contributed by atoms with E-state index >= 15 is 0 Å². The van der Waals surface area contributed by atoms with E-state index in [1.165, 1.54) is 30.0 Å². The van der Waals surface area contributed by atoms with Gasteiger partial charge in [-0.15, -0.1) is 11.8 Å². The number of nitrogens with one attached hydrogen (secondary N) is 1. The number of halogens is 3. The largest absolute Gasteiger partial charge is 0.244 e. The summed E-state index contributed by atoms with van der Waals surface area (Å²) in [6, 6.07) is 7.04. The Labute approximate surface area is 142 Å². The first-order valence-electron chi connectivity index (χ1n) is 6.76. The summed E-state index contributed by atoms with van der Waals surface area (Å²) < 4.78 is 54.7. The molecule has 1 atom stereocenters. The first-order chi connectivity index (χ1) is 10.9. The lowest BCUT2D eigenvalue weighted by Crippen LogP contribution is -2.31. The first kappa shape index (κ1) is 16.7. The van der Waals surface area contributed by atoms with Crippen LogP contribution in [0.15, 0.2) is 46.2 Å². The highest BCUT2D eigenvalue weighted by molar-refractivity contribution is 7.99. The number of rotatable bonds is 3. The van der Waals surface area contributed by atoms with Gasteiger partial charge in [-0.05, 0) is 54.1 Å². The van der Waals surface area contributed by atoms with Gasteiger partial charge in [0.1, 0.15) is 16.5 Å². The first-order valence-corrected chi connectivity index (χ1v) is 9.61. The Bertz CT molecular complexity index is 859. The topological polar surface area (TPSA) is 46.2 Å². The molecule has 0 aromatic heterocycles. The number of fused-ring (bicyclic) bond motifs is 1. The van der Waals surface area contributed by atoms with Crippen molar-refractivity contribution in [3.05, 3.63) is 58.6 Å². The molecule has 23 heavy (non-hydrogen) atoms. The van der Waals surface area contributed by atoms with Gasteiger partial charge in [-0.2, -0.15) is 0 Å². The predicted octanol–water partition coefficient (Wildman–Crippen LogP) is 4.13. The summed E-state index contributed by atoms with van der Waals surface area (Å²) in [6.45, 7) is 0. The lowest BCUT2D eigenvalue weighted by Gasteiger charge is -2.25. The summed E-state index contributed by atoms with van der Waals surface area (Å²) in [5, 5.41) is 0.114. The molecule has 0 fully saturated rings. The maximum absolute atomic E-state index is 13.9. The van der Waals surface area contributed by atoms with Crippen molar-refractivity contribution in [2.45, 2.75) is 22.3 Å². The zero-order valence-corrected chi connectivity index (χ0v) is 14.1. The van der Waals surface area contributed by atoms with E-state index in [0.717, 1.165) is 17.0 Å². The van der Waals surface area contributed by atoms with E-state index in [1.807, 2.05) is 0 Å². The molecule has 0 aliphatic carbocycles. The number of hydrogen-bond donors (Lipinski definition) is 1. The minimum absolute atomic E-state index is 0.114. The molecule has 8 heteroatoms. The van der Waals surface area contributed by atoms with Gasteiger partial charge in [-0.1, -0.05) is 11.6 Å². The van der Waals surface area contributed by atoms with E-state index in [1.54, 1.807) is 6.07 Å². The molecule has 122 valence electrons. The summed E-state index contributed by atoms with van der Waals surface area (Å²) >= 11 is 7.18. The van der Waals surface area contributed by atoms with Crippen LogP contribution in [0.1, 0.15) is 18.0 Å². The van der Waals surface area contributed by atoms with E-state index in [0.29, 0.717) is 17.7 Å². The van der Waals surface area contributed by atoms with Gasteiger partial charge in [0.2, 0.25) is 10.0 Å². The van der Waals surface area contributed by atoms with Gasteiger partial charge in [0, 0.05) is 16.0 Å². The maximum Gasteiger partial charge on any atom is 0.244 e. The molecule has 3 rings (SSSR count). The lowest BCUT2D eigenvalue weighted by molar-refractivity contribution is 0.529. The fourth-order valence-corrected chi connectivity index (χ4v) is 5.01. The van der Waals surface area contributed by atoms with Gasteiger partial charge < -0.3 is 0 Å². The summed E-state index contributed by atoms with van der Waals surface area (Å²) in [7, 11) is -4.08. The van der Waals surface area contributed by atoms with Crippen molar-refractivity contribution in [3.63, 3.8) is 0 Å². The molecule has 1 aliphatic heterocycles. The SMILES string of the molecule is O=S(=O)(N[C@@H]1CCSc2ccc(F)cc21)c1ccc(Cl)cc1F. The molecule has 0 bridgehead atoms. The summed E-state index contributed by atoms with van der Waals surface area (Å²) in [4.78, 5) is 0.347. The van der Waals surface area contributed by atoms with Crippen LogP contribution in [0.5, 0.6) is 0 Å². The molecule has 0 radical (unpaired) electrons. The van der Waals surface area contributed by atoms with Crippen molar-refractivity contribution in [2.75, 3.05) is 5.75 Å². The highest BCUT2D eigenvalue weighted by Crippen LogP contribution is 2.37. The molecule has 2 aromatic carbocycles. The van der Waals surface area contributed by atoms with Crippen molar-refractivity contribution in [1.82, 2.24) is 4.72 Å². The molecule has 1 aliphatic rings. The molecule has 2 aromatic rings. The van der Waals surface area contributed by atoms with Crippen molar-refractivity contribution in [2.24, 2.45) is 0 Å². The number of thioether (sulfide) groups is 1. The molecule has 1 heterocycles. The van der Waals surface area contributed by atoms with E-state index in [2.05, 4.69) is 4.72 Å². The van der Waals surface area contributed by atoms with Gasteiger partial charge in [0.05, 0.1) is 0 Å². The summed E-state index contributed by atoms with van der Waals surface area (Å²) in [5.74, 6) is -0.669. The minimum Gasteiger partial charge on any atom is -0.207 e. The second-order valence-corrected chi connectivity index (χ2v) is 8.32. The molecule has 1 N–H and O–H groups in total. The highest BCUT2D eigenvalue weighted by atomic mass is 35.5. The Hall–Kier alpha value is -1.15. The fraction of sp³-hybridized carbons (Fsp3) is 0.200. The third-order valence-electron chi connectivity index (χ3n) is 3.49. The number of sulfonamides is 1. The Kier molecular flexibility index (Phi) is 4.64. The Balaban J connectivity index is 1.95. The molecule has 0 amide bonds. The average molecular weight is 376 g/mol. The third-order valence-corrected chi connectivity index (χ3v) is 6.35. The van der Waals surface area contributed by atoms with E-state index in [-0.39, 0.29) is 5.02 Å². The Morgan fingerprint density at radius 3 is 2.70 bits per heavy atom.